The van der Waals surface area contributed by atoms with Crippen LogP contribution in [0.5, 0.6) is 0 Å². The summed E-state index contributed by atoms with van der Waals surface area (Å²) in [6, 6.07) is 17.5. The molecule has 27 heavy (non-hydrogen) atoms. The Hall–Kier alpha value is -2.66. The van der Waals surface area contributed by atoms with Crippen LogP contribution in [0.25, 0.3) is 0 Å². The molecule has 0 aliphatic heterocycles. The maximum Gasteiger partial charge on any atom is 0.251 e. The third kappa shape index (κ3) is 6.22. The smallest absolute Gasteiger partial charge is 0.251 e. The summed E-state index contributed by atoms with van der Waals surface area (Å²) < 4.78 is 0. The van der Waals surface area contributed by atoms with Gasteiger partial charge in [0.2, 0.25) is 5.91 Å². The first-order valence-electron chi connectivity index (χ1n) is 9.24. The van der Waals surface area contributed by atoms with Gasteiger partial charge in [-0.2, -0.15) is 0 Å². The van der Waals surface area contributed by atoms with E-state index in [9.17, 15) is 9.59 Å². The first-order valence-corrected chi connectivity index (χ1v) is 9.24. The van der Waals surface area contributed by atoms with Crippen LogP contribution in [-0.4, -0.2) is 37.4 Å². The number of likely N-dealkylation sites (N-methyl/N-ethyl adjacent to an activating group) is 1. The van der Waals surface area contributed by atoms with Crippen molar-refractivity contribution in [3.8, 4) is 0 Å². The van der Waals surface area contributed by atoms with Crippen molar-refractivity contribution in [2.45, 2.75) is 26.4 Å². The Morgan fingerprint density at radius 2 is 1.63 bits per heavy atom. The SMILES string of the molecule is CNC(=O)c1ccc(CN(C)CC(=O)NC(c2ccccc2)C(C)C)cc1. The Bertz CT molecular complexity index is 742. The minimum Gasteiger partial charge on any atom is -0.355 e. The fraction of sp³-hybridized carbons (Fsp3) is 0.364. The number of carbonyl (C=O) groups is 2. The molecule has 0 saturated carbocycles. The first-order chi connectivity index (χ1) is 12.9. The number of nitrogens with zero attached hydrogens (tertiary/aromatic N) is 1. The molecule has 2 N–H and O–H groups in total. The Morgan fingerprint density at radius 1 is 1.00 bits per heavy atom. The van der Waals surface area contributed by atoms with E-state index in [1.165, 1.54) is 0 Å². The molecule has 0 bridgehead atoms. The third-order valence-electron chi connectivity index (χ3n) is 4.45. The average Bonchev–Trinajstić information content (AvgIpc) is 2.66. The van der Waals surface area contributed by atoms with E-state index in [4.69, 9.17) is 0 Å². The van der Waals surface area contributed by atoms with E-state index in [2.05, 4.69) is 24.5 Å². The lowest BCUT2D eigenvalue weighted by atomic mass is 9.96. The molecule has 2 rings (SSSR count). The van der Waals surface area contributed by atoms with Crippen LogP contribution < -0.4 is 10.6 Å². The summed E-state index contributed by atoms with van der Waals surface area (Å²) in [4.78, 5) is 26.1. The highest BCUT2D eigenvalue weighted by molar-refractivity contribution is 5.93. The fourth-order valence-corrected chi connectivity index (χ4v) is 3.03. The maximum atomic E-state index is 12.5. The molecule has 2 aromatic carbocycles. The Kier molecular flexibility index (Phi) is 7.55. The van der Waals surface area contributed by atoms with Gasteiger partial charge in [-0.25, -0.2) is 0 Å². The van der Waals surface area contributed by atoms with E-state index in [1.807, 2.05) is 54.4 Å². The van der Waals surface area contributed by atoms with E-state index in [-0.39, 0.29) is 17.9 Å². The van der Waals surface area contributed by atoms with Gasteiger partial charge in [-0.15, -0.1) is 0 Å². The molecule has 0 spiro atoms. The third-order valence-corrected chi connectivity index (χ3v) is 4.45. The van der Waals surface area contributed by atoms with Crippen molar-refractivity contribution in [1.29, 1.82) is 0 Å². The molecule has 5 nitrogen and oxygen atoms in total. The van der Waals surface area contributed by atoms with Crippen LogP contribution in [0.2, 0.25) is 0 Å². The fourth-order valence-electron chi connectivity index (χ4n) is 3.03. The second-order valence-corrected chi connectivity index (χ2v) is 7.15. The second-order valence-electron chi connectivity index (χ2n) is 7.15. The molecule has 0 fully saturated rings. The van der Waals surface area contributed by atoms with Crippen molar-refractivity contribution in [1.82, 2.24) is 15.5 Å². The lowest BCUT2D eigenvalue weighted by Crippen LogP contribution is -2.38. The van der Waals surface area contributed by atoms with E-state index in [0.717, 1.165) is 11.1 Å². The van der Waals surface area contributed by atoms with Crippen molar-refractivity contribution >= 4 is 11.8 Å². The average molecular weight is 367 g/mol. The van der Waals surface area contributed by atoms with Crippen molar-refractivity contribution in [2.24, 2.45) is 5.92 Å². The quantitative estimate of drug-likeness (QED) is 0.754. The number of rotatable bonds is 8. The summed E-state index contributed by atoms with van der Waals surface area (Å²) in [5.74, 6) is 0.205. The molecule has 0 aliphatic rings. The first kappa shape index (κ1) is 20.6. The molecular weight excluding hydrogens is 338 g/mol. The Labute approximate surface area is 161 Å². The number of nitrogens with one attached hydrogen (secondary N) is 2. The summed E-state index contributed by atoms with van der Waals surface area (Å²) in [5.41, 5.74) is 2.80. The van der Waals surface area contributed by atoms with E-state index in [0.29, 0.717) is 24.6 Å². The molecule has 0 heterocycles. The van der Waals surface area contributed by atoms with Gasteiger partial charge in [-0.1, -0.05) is 56.3 Å². The summed E-state index contributed by atoms with van der Waals surface area (Å²) in [7, 11) is 3.53. The zero-order chi connectivity index (χ0) is 19.8. The van der Waals surface area contributed by atoms with Crippen LogP contribution in [0, 0.1) is 5.92 Å². The monoisotopic (exact) mass is 367 g/mol. The predicted molar refractivity (Wildman–Crippen MR) is 108 cm³/mol. The minimum absolute atomic E-state index is 0.000982. The minimum atomic E-state index is -0.102. The maximum absolute atomic E-state index is 12.5. The summed E-state index contributed by atoms with van der Waals surface area (Å²) in [5, 5.41) is 5.75. The number of amides is 2. The van der Waals surface area contributed by atoms with Crippen LogP contribution in [0.4, 0.5) is 0 Å². The largest absolute Gasteiger partial charge is 0.355 e. The van der Waals surface area contributed by atoms with Gasteiger partial charge in [0.15, 0.2) is 0 Å². The van der Waals surface area contributed by atoms with Crippen LogP contribution in [-0.2, 0) is 11.3 Å². The van der Waals surface area contributed by atoms with Gasteiger partial charge in [0.05, 0.1) is 12.6 Å². The number of hydrogen-bond acceptors (Lipinski definition) is 3. The Balaban J connectivity index is 1.91. The Morgan fingerprint density at radius 3 is 2.19 bits per heavy atom. The van der Waals surface area contributed by atoms with Gasteiger partial charge in [-0.3, -0.25) is 14.5 Å². The standard InChI is InChI=1S/C22H29N3O2/c1-16(2)21(18-8-6-5-7-9-18)24-20(26)15-25(4)14-17-10-12-19(13-11-17)22(27)23-3/h5-13,16,21H,14-15H2,1-4H3,(H,23,27)(H,24,26). The lowest BCUT2D eigenvalue weighted by molar-refractivity contribution is -0.123. The predicted octanol–water partition coefficient (Wildman–Crippen LogP) is 2.99. The number of hydrogen-bond donors (Lipinski definition) is 2. The van der Waals surface area contributed by atoms with Crippen molar-refractivity contribution < 1.29 is 9.59 Å². The number of benzene rings is 2. The molecule has 1 atom stereocenters. The zero-order valence-corrected chi connectivity index (χ0v) is 16.5. The molecule has 0 aromatic heterocycles. The summed E-state index contributed by atoms with van der Waals surface area (Å²) >= 11 is 0. The molecule has 2 amide bonds. The van der Waals surface area contributed by atoms with Crippen LogP contribution in [0.15, 0.2) is 54.6 Å². The molecule has 5 heteroatoms. The van der Waals surface area contributed by atoms with Crippen LogP contribution in [0.3, 0.4) is 0 Å². The molecule has 0 saturated heterocycles. The van der Waals surface area contributed by atoms with E-state index in [1.54, 1.807) is 19.2 Å². The molecule has 2 aromatic rings. The topological polar surface area (TPSA) is 61.4 Å². The highest BCUT2D eigenvalue weighted by Gasteiger charge is 2.18. The van der Waals surface area contributed by atoms with E-state index < -0.39 is 0 Å². The molecule has 0 radical (unpaired) electrons. The lowest BCUT2D eigenvalue weighted by Gasteiger charge is -2.24. The second kappa shape index (κ2) is 9.88. The molecule has 0 aliphatic carbocycles. The zero-order valence-electron chi connectivity index (χ0n) is 16.5. The van der Waals surface area contributed by atoms with Crippen molar-refractivity contribution in [3.05, 3.63) is 71.3 Å². The van der Waals surface area contributed by atoms with Gasteiger partial charge in [0.25, 0.3) is 5.91 Å². The normalized spacial score (nSPS) is 12.1. The van der Waals surface area contributed by atoms with Gasteiger partial charge >= 0.3 is 0 Å². The molecule has 144 valence electrons. The van der Waals surface area contributed by atoms with Gasteiger partial charge in [0.1, 0.15) is 0 Å². The van der Waals surface area contributed by atoms with Gasteiger partial charge in [0, 0.05) is 19.2 Å². The summed E-state index contributed by atoms with van der Waals surface area (Å²) in [6.45, 7) is 5.16. The molecular formula is C22H29N3O2. The highest BCUT2D eigenvalue weighted by Crippen LogP contribution is 2.21. The van der Waals surface area contributed by atoms with Gasteiger partial charge in [-0.05, 0) is 36.2 Å². The highest BCUT2D eigenvalue weighted by atomic mass is 16.2. The van der Waals surface area contributed by atoms with Crippen LogP contribution >= 0.6 is 0 Å². The van der Waals surface area contributed by atoms with Gasteiger partial charge < -0.3 is 10.6 Å². The van der Waals surface area contributed by atoms with Crippen LogP contribution in [0.1, 0.15) is 41.4 Å². The molecule has 1 unspecified atom stereocenters. The van der Waals surface area contributed by atoms with Crippen molar-refractivity contribution in [2.75, 3.05) is 20.6 Å². The van der Waals surface area contributed by atoms with E-state index >= 15 is 0 Å². The summed E-state index contributed by atoms with van der Waals surface area (Å²) in [6.07, 6.45) is 0. The number of carbonyl (C=O) groups excluding carboxylic acids is 2. The van der Waals surface area contributed by atoms with Crippen molar-refractivity contribution in [3.63, 3.8) is 0 Å².